The van der Waals surface area contributed by atoms with Crippen LogP contribution in [-0.4, -0.2) is 29.0 Å². The second-order valence-corrected chi connectivity index (χ2v) is 4.09. The van der Waals surface area contributed by atoms with Gasteiger partial charge in [0.05, 0.1) is 6.20 Å². The van der Waals surface area contributed by atoms with Crippen molar-refractivity contribution in [2.75, 3.05) is 18.4 Å². The van der Waals surface area contributed by atoms with Gasteiger partial charge in [-0.3, -0.25) is 9.78 Å². The number of anilines is 1. The number of carbonyl (C=O) groups excluding carboxylic acids is 1. The topological polar surface area (TPSA) is 80.0 Å². The van der Waals surface area contributed by atoms with E-state index >= 15 is 0 Å². The number of rotatable bonds is 6. The molecule has 0 atom stereocenters. The van der Waals surface area contributed by atoms with Crippen LogP contribution >= 0.6 is 0 Å². The van der Waals surface area contributed by atoms with E-state index < -0.39 is 0 Å². The fraction of sp³-hybridized carbons (Fsp3) is 0.214. The lowest BCUT2D eigenvalue weighted by Gasteiger charge is -2.04. The third-order valence-corrected chi connectivity index (χ3v) is 2.45. The molecule has 0 aromatic carbocycles. The molecule has 0 spiro atoms. The van der Waals surface area contributed by atoms with Crippen LogP contribution in [0, 0.1) is 6.92 Å². The number of hydrogen-bond acceptors (Lipinski definition) is 5. The molecule has 6 nitrogen and oxygen atoms in total. The van der Waals surface area contributed by atoms with E-state index in [1.807, 2.05) is 19.1 Å². The van der Waals surface area contributed by atoms with Crippen molar-refractivity contribution in [1.29, 1.82) is 0 Å². The summed E-state index contributed by atoms with van der Waals surface area (Å²) in [5.41, 5.74) is 0. The summed E-state index contributed by atoms with van der Waals surface area (Å²) in [4.78, 5) is 19.5. The molecule has 0 fully saturated rings. The van der Waals surface area contributed by atoms with Gasteiger partial charge >= 0.3 is 0 Å². The highest BCUT2D eigenvalue weighted by Crippen LogP contribution is 2.07. The Balaban J connectivity index is 1.66. The van der Waals surface area contributed by atoms with E-state index in [0.29, 0.717) is 24.7 Å². The zero-order valence-electron chi connectivity index (χ0n) is 11.2. The second-order valence-electron chi connectivity index (χ2n) is 4.09. The Morgan fingerprint density at radius 2 is 2.25 bits per heavy atom. The van der Waals surface area contributed by atoms with E-state index in [2.05, 4.69) is 20.6 Å². The third kappa shape index (κ3) is 4.56. The van der Waals surface area contributed by atoms with Crippen LogP contribution in [0.15, 0.2) is 41.2 Å². The van der Waals surface area contributed by atoms with Crippen LogP contribution < -0.4 is 10.6 Å². The Morgan fingerprint density at radius 3 is 2.95 bits per heavy atom. The number of nitrogens with zero attached hydrogens (tertiary/aromatic N) is 2. The van der Waals surface area contributed by atoms with E-state index in [-0.39, 0.29) is 5.91 Å². The molecule has 0 saturated heterocycles. The first-order valence-corrected chi connectivity index (χ1v) is 6.26. The predicted octanol–water partition coefficient (Wildman–Crippen LogP) is 1.62. The van der Waals surface area contributed by atoms with Gasteiger partial charge in [-0.25, -0.2) is 4.98 Å². The predicted molar refractivity (Wildman–Crippen MR) is 76.0 cm³/mol. The summed E-state index contributed by atoms with van der Waals surface area (Å²) in [7, 11) is 0. The van der Waals surface area contributed by atoms with Gasteiger partial charge in [-0.1, -0.05) is 0 Å². The van der Waals surface area contributed by atoms with E-state index in [1.165, 1.54) is 6.08 Å². The summed E-state index contributed by atoms with van der Waals surface area (Å²) >= 11 is 0. The number of hydrogen-bond donors (Lipinski definition) is 2. The van der Waals surface area contributed by atoms with E-state index in [9.17, 15) is 4.79 Å². The lowest BCUT2D eigenvalue weighted by atomic mass is 10.4. The van der Waals surface area contributed by atoms with Crippen LogP contribution in [-0.2, 0) is 4.79 Å². The highest BCUT2D eigenvalue weighted by molar-refractivity contribution is 5.91. The molecular formula is C14H16N4O2. The number of furan rings is 1. The highest BCUT2D eigenvalue weighted by atomic mass is 16.3. The van der Waals surface area contributed by atoms with E-state index in [0.717, 1.165) is 5.76 Å². The van der Waals surface area contributed by atoms with Crippen LogP contribution in [0.3, 0.4) is 0 Å². The van der Waals surface area contributed by atoms with Gasteiger partial charge in [0.2, 0.25) is 5.91 Å². The Bertz CT molecular complexity index is 578. The van der Waals surface area contributed by atoms with Crippen LogP contribution in [0.5, 0.6) is 0 Å². The molecule has 20 heavy (non-hydrogen) atoms. The normalized spacial score (nSPS) is 10.7. The monoisotopic (exact) mass is 272 g/mol. The molecule has 1 amide bonds. The minimum absolute atomic E-state index is 0.167. The molecule has 6 heteroatoms. The van der Waals surface area contributed by atoms with Gasteiger partial charge in [0.15, 0.2) is 0 Å². The van der Waals surface area contributed by atoms with E-state index in [1.54, 1.807) is 24.7 Å². The minimum atomic E-state index is -0.167. The fourth-order valence-corrected chi connectivity index (χ4v) is 1.53. The molecule has 0 bridgehead atoms. The maximum Gasteiger partial charge on any atom is 0.244 e. The minimum Gasteiger partial charge on any atom is -0.462 e. The van der Waals surface area contributed by atoms with Gasteiger partial charge in [-0.15, -0.1) is 0 Å². The lowest BCUT2D eigenvalue weighted by molar-refractivity contribution is -0.116. The summed E-state index contributed by atoms with van der Waals surface area (Å²) in [5.74, 6) is 2.00. The van der Waals surface area contributed by atoms with E-state index in [4.69, 9.17) is 4.42 Å². The summed E-state index contributed by atoms with van der Waals surface area (Å²) in [6, 6.07) is 3.66. The first kappa shape index (κ1) is 13.8. The molecule has 2 heterocycles. The number of aromatic nitrogens is 2. The highest BCUT2D eigenvalue weighted by Gasteiger charge is 1.97. The Kier molecular flexibility index (Phi) is 4.88. The molecule has 0 radical (unpaired) electrons. The van der Waals surface area contributed by atoms with Gasteiger partial charge in [0, 0.05) is 31.6 Å². The largest absolute Gasteiger partial charge is 0.462 e. The van der Waals surface area contributed by atoms with Gasteiger partial charge in [-0.2, -0.15) is 0 Å². The first-order chi connectivity index (χ1) is 9.74. The summed E-state index contributed by atoms with van der Waals surface area (Å²) in [5, 5.41) is 5.80. The SMILES string of the molecule is Cc1ccc(/C=C/C(=O)NCCNc2cnccn2)o1. The third-order valence-electron chi connectivity index (χ3n) is 2.45. The number of nitrogens with one attached hydrogen (secondary N) is 2. The number of amides is 1. The average Bonchev–Trinajstić information content (AvgIpc) is 2.88. The maximum atomic E-state index is 11.5. The van der Waals surface area contributed by atoms with Crippen molar-refractivity contribution < 1.29 is 9.21 Å². The molecule has 0 unspecified atom stereocenters. The molecule has 104 valence electrons. The quantitative estimate of drug-likeness (QED) is 0.617. The zero-order valence-corrected chi connectivity index (χ0v) is 11.2. The average molecular weight is 272 g/mol. The van der Waals surface area contributed by atoms with Crippen LogP contribution in [0.4, 0.5) is 5.82 Å². The van der Waals surface area contributed by atoms with Crippen LogP contribution in [0.2, 0.25) is 0 Å². The standard InChI is InChI=1S/C14H16N4O2/c1-11-2-3-12(20-11)4-5-14(19)18-9-8-17-13-10-15-6-7-16-13/h2-7,10H,8-9H2,1H3,(H,16,17)(H,18,19)/b5-4+. The second kappa shape index (κ2) is 7.08. The molecule has 0 aliphatic heterocycles. The van der Waals surface area contributed by atoms with Crippen LogP contribution in [0.1, 0.15) is 11.5 Å². The molecular weight excluding hydrogens is 256 g/mol. The molecule has 2 aromatic rings. The molecule has 0 aliphatic carbocycles. The summed E-state index contributed by atoms with van der Waals surface area (Å²) < 4.78 is 5.32. The zero-order chi connectivity index (χ0) is 14.2. The van der Waals surface area contributed by atoms with Crippen molar-refractivity contribution in [1.82, 2.24) is 15.3 Å². The molecule has 2 aromatic heterocycles. The Labute approximate surface area is 116 Å². The van der Waals surface area contributed by atoms with Gasteiger partial charge in [0.25, 0.3) is 0 Å². The smallest absolute Gasteiger partial charge is 0.244 e. The van der Waals surface area contributed by atoms with Crippen molar-refractivity contribution in [3.8, 4) is 0 Å². The molecule has 2 rings (SSSR count). The lowest BCUT2D eigenvalue weighted by Crippen LogP contribution is -2.27. The van der Waals surface area contributed by atoms with Gasteiger partial charge in [-0.05, 0) is 25.1 Å². The Hall–Kier alpha value is -2.63. The number of carbonyl (C=O) groups is 1. The Morgan fingerprint density at radius 1 is 1.35 bits per heavy atom. The fourth-order valence-electron chi connectivity index (χ4n) is 1.53. The summed E-state index contributed by atoms with van der Waals surface area (Å²) in [6.07, 6.45) is 7.92. The molecule has 0 aliphatic rings. The number of aryl methyl sites for hydroxylation is 1. The maximum absolute atomic E-state index is 11.5. The molecule has 0 saturated carbocycles. The van der Waals surface area contributed by atoms with Crippen molar-refractivity contribution in [3.05, 3.63) is 48.3 Å². The van der Waals surface area contributed by atoms with Crippen molar-refractivity contribution in [2.45, 2.75) is 6.92 Å². The van der Waals surface area contributed by atoms with Gasteiger partial charge < -0.3 is 15.1 Å². The van der Waals surface area contributed by atoms with Crippen molar-refractivity contribution >= 4 is 17.8 Å². The molecule has 2 N–H and O–H groups in total. The van der Waals surface area contributed by atoms with Crippen molar-refractivity contribution in [3.63, 3.8) is 0 Å². The summed E-state index contributed by atoms with van der Waals surface area (Å²) in [6.45, 7) is 2.94. The van der Waals surface area contributed by atoms with Crippen molar-refractivity contribution in [2.24, 2.45) is 0 Å². The van der Waals surface area contributed by atoms with Gasteiger partial charge in [0.1, 0.15) is 17.3 Å². The van der Waals surface area contributed by atoms with Crippen LogP contribution in [0.25, 0.3) is 6.08 Å². The first-order valence-electron chi connectivity index (χ1n) is 6.26.